The van der Waals surface area contributed by atoms with E-state index in [9.17, 15) is 14.4 Å². The van der Waals surface area contributed by atoms with Gasteiger partial charge in [0.25, 0.3) is 5.91 Å². The molecule has 0 aliphatic rings. The second-order valence-corrected chi connectivity index (χ2v) is 6.50. The maximum atomic E-state index is 12.6. The number of allylic oxidation sites excluding steroid dienone is 1. The van der Waals surface area contributed by atoms with Crippen molar-refractivity contribution < 1.29 is 28.6 Å². The van der Waals surface area contributed by atoms with Gasteiger partial charge in [0, 0.05) is 17.3 Å². The van der Waals surface area contributed by atoms with Crippen LogP contribution in [0.15, 0.2) is 29.5 Å². The molecule has 1 aromatic carbocycles. The molecule has 1 aromatic rings. The van der Waals surface area contributed by atoms with Crippen LogP contribution in [0.25, 0.3) is 0 Å². The van der Waals surface area contributed by atoms with E-state index < -0.39 is 30.3 Å². The third-order valence-corrected chi connectivity index (χ3v) is 3.95. The number of benzene rings is 1. The largest absolute Gasteiger partial charge is 0.497 e. The van der Waals surface area contributed by atoms with Crippen LogP contribution in [0.2, 0.25) is 0 Å². The molecule has 0 aromatic heterocycles. The maximum absolute atomic E-state index is 12.6. The Morgan fingerprint density at radius 1 is 1.14 bits per heavy atom. The average molecular weight is 403 g/mol. The van der Waals surface area contributed by atoms with Gasteiger partial charge in [0.05, 0.1) is 14.2 Å². The third-order valence-electron chi connectivity index (χ3n) is 3.95. The van der Waals surface area contributed by atoms with E-state index in [1.54, 1.807) is 26.0 Å². The van der Waals surface area contributed by atoms with Crippen LogP contribution in [0.3, 0.4) is 0 Å². The molecule has 9 heteroatoms. The number of carbonyl (C=O) groups excluding carboxylic acids is 3. The molecular weight excluding hydrogens is 378 g/mol. The normalized spacial score (nSPS) is 12.3. The molecule has 3 N–H and O–H groups in total. The first-order valence-corrected chi connectivity index (χ1v) is 8.74. The summed E-state index contributed by atoms with van der Waals surface area (Å²) < 4.78 is 15.3. The van der Waals surface area contributed by atoms with Crippen LogP contribution in [0.4, 0.5) is 0 Å². The highest BCUT2D eigenvalue weighted by Gasteiger charge is 2.27. The van der Waals surface area contributed by atoms with Gasteiger partial charge in [-0.15, -0.1) is 0 Å². The summed E-state index contributed by atoms with van der Waals surface area (Å²) in [6, 6.07) is 5.26. The molecule has 0 bridgehead atoms. The number of Topliss-reactive ketones (excluding diaryl/α,β-unsaturated/α-hetero) is 1. The lowest BCUT2D eigenvalue weighted by molar-refractivity contribution is -0.150. The molecule has 0 saturated heterocycles. The van der Waals surface area contributed by atoms with E-state index in [1.165, 1.54) is 33.3 Å². The fraction of sp³-hybridized carbons (Fsp3) is 0.400. The Morgan fingerprint density at radius 2 is 1.69 bits per heavy atom. The number of amides is 1. The maximum Gasteiger partial charge on any atom is 0.329 e. The van der Waals surface area contributed by atoms with E-state index in [4.69, 9.17) is 25.2 Å². The second kappa shape index (κ2) is 10.7. The fourth-order valence-corrected chi connectivity index (χ4v) is 2.33. The topological polar surface area (TPSA) is 141 Å². The van der Waals surface area contributed by atoms with Gasteiger partial charge in [-0.05, 0) is 25.0 Å². The average Bonchev–Trinajstić information content (AvgIpc) is 2.69. The van der Waals surface area contributed by atoms with Crippen molar-refractivity contribution in [1.82, 2.24) is 5.32 Å². The molecule has 1 unspecified atom stereocenters. The van der Waals surface area contributed by atoms with Crippen LogP contribution in [0, 0.1) is 17.2 Å². The van der Waals surface area contributed by atoms with Crippen molar-refractivity contribution in [3.63, 3.8) is 0 Å². The molecule has 0 aliphatic heterocycles. The molecule has 0 saturated carbocycles. The minimum absolute atomic E-state index is 0.0363. The first-order valence-electron chi connectivity index (χ1n) is 8.74. The molecule has 0 spiro atoms. The Hall–Kier alpha value is -3.54. The summed E-state index contributed by atoms with van der Waals surface area (Å²) in [5.74, 6) is -1.56. The Kier molecular flexibility index (Phi) is 8.68. The Balaban J connectivity index is 2.92. The fourth-order valence-electron chi connectivity index (χ4n) is 2.33. The van der Waals surface area contributed by atoms with Crippen LogP contribution in [-0.2, 0) is 14.3 Å². The van der Waals surface area contributed by atoms with Crippen molar-refractivity contribution in [3.05, 3.63) is 35.0 Å². The summed E-state index contributed by atoms with van der Waals surface area (Å²) in [5.41, 5.74) is 5.45. The van der Waals surface area contributed by atoms with E-state index in [0.29, 0.717) is 11.5 Å². The highest BCUT2D eigenvalue weighted by Crippen LogP contribution is 2.22. The minimum atomic E-state index is -1.01. The number of nitrogens with zero attached hydrogens (tertiary/aromatic N) is 1. The lowest BCUT2D eigenvalue weighted by Crippen LogP contribution is -2.45. The molecule has 29 heavy (non-hydrogen) atoms. The zero-order valence-electron chi connectivity index (χ0n) is 17.1. The van der Waals surface area contributed by atoms with Gasteiger partial charge in [-0.3, -0.25) is 9.59 Å². The Labute approximate surface area is 169 Å². The summed E-state index contributed by atoms with van der Waals surface area (Å²) in [7, 11) is 2.91. The number of nitrogens with two attached hydrogens (primary N) is 1. The standard InChI is InChI=1S/C20H25N3O6/c1-11(2)18(20(26)29-10-17(24)16(9-21)12(3)22)23-19(25)13-6-14(27-4)8-15(7-13)28-5/h6-8,11,18H,10,22H2,1-5H3,(H,23,25). The van der Waals surface area contributed by atoms with Gasteiger partial charge in [-0.2, -0.15) is 5.26 Å². The number of rotatable bonds is 9. The van der Waals surface area contributed by atoms with Gasteiger partial charge in [-0.1, -0.05) is 13.8 Å². The molecular formula is C20H25N3O6. The number of ether oxygens (including phenoxy) is 3. The van der Waals surface area contributed by atoms with Crippen LogP contribution in [-0.4, -0.2) is 44.5 Å². The number of nitrogens with one attached hydrogen (secondary N) is 1. The molecule has 1 rings (SSSR count). The van der Waals surface area contributed by atoms with Gasteiger partial charge < -0.3 is 25.3 Å². The molecule has 1 atom stereocenters. The quantitative estimate of drug-likeness (QED) is 0.357. The zero-order valence-corrected chi connectivity index (χ0v) is 17.1. The van der Waals surface area contributed by atoms with E-state index >= 15 is 0 Å². The van der Waals surface area contributed by atoms with Crippen molar-refractivity contribution in [3.8, 4) is 17.6 Å². The van der Waals surface area contributed by atoms with Gasteiger partial charge in [-0.25, -0.2) is 4.79 Å². The van der Waals surface area contributed by atoms with E-state index in [0.717, 1.165) is 0 Å². The lowest BCUT2D eigenvalue weighted by atomic mass is 10.0. The van der Waals surface area contributed by atoms with Gasteiger partial charge in [0.2, 0.25) is 5.78 Å². The SMILES string of the molecule is COc1cc(OC)cc(C(=O)NC(C(=O)OCC(=O)C(C#N)=C(C)N)C(C)C)c1. The summed E-state index contributed by atoms with van der Waals surface area (Å²) in [4.78, 5) is 37.0. The Morgan fingerprint density at radius 3 is 2.10 bits per heavy atom. The molecule has 156 valence electrons. The highest BCUT2D eigenvalue weighted by atomic mass is 16.5. The number of methoxy groups -OCH3 is 2. The van der Waals surface area contributed by atoms with Gasteiger partial charge in [0.15, 0.2) is 6.61 Å². The zero-order chi connectivity index (χ0) is 22.1. The van der Waals surface area contributed by atoms with Gasteiger partial charge >= 0.3 is 5.97 Å². The number of ketones is 1. The lowest BCUT2D eigenvalue weighted by Gasteiger charge is -2.21. The van der Waals surface area contributed by atoms with E-state index in [-0.39, 0.29) is 22.8 Å². The number of nitriles is 1. The van der Waals surface area contributed by atoms with Crippen LogP contribution < -0.4 is 20.5 Å². The summed E-state index contributed by atoms with van der Waals surface area (Å²) in [6.07, 6.45) is 0. The van der Waals surface area contributed by atoms with Crippen LogP contribution >= 0.6 is 0 Å². The monoisotopic (exact) mass is 403 g/mol. The first-order chi connectivity index (χ1) is 13.6. The minimum Gasteiger partial charge on any atom is -0.497 e. The number of esters is 1. The number of hydrogen-bond acceptors (Lipinski definition) is 8. The molecule has 0 heterocycles. The highest BCUT2D eigenvalue weighted by molar-refractivity contribution is 6.02. The second-order valence-electron chi connectivity index (χ2n) is 6.50. The van der Waals surface area contributed by atoms with Gasteiger partial charge in [0.1, 0.15) is 29.2 Å². The van der Waals surface area contributed by atoms with Crippen molar-refractivity contribution in [2.45, 2.75) is 26.8 Å². The first kappa shape index (κ1) is 23.5. The summed E-state index contributed by atoms with van der Waals surface area (Å²) >= 11 is 0. The summed E-state index contributed by atoms with van der Waals surface area (Å²) in [5, 5.41) is 11.5. The smallest absolute Gasteiger partial charge is 0.329 e. The summed E-state index contributed by atoms with van der Waals surface area (Å²) in [6.45, 7) is 4.18. The molecule has 9 nitrogen and oxygen atoms in total. The molecule has 0 radical (unpaired) electrons. The Bertz CT molecular complexity index is 828. The third kappa shape index (κ3) is 6.53. The van der Waals surface area contributed by atoms with Crippen molar-refractivity contribution in [2.75, 3.05) is 20.8 Å². The number of hydrogen-bond donors (Lipinski definition) is 2. The van der Waals surface area contributed by atoms with Crippen molar-refractivity contribution >= 4 is 17.7 Å². The van der Waals surface area contributed by atoms with E-state index in [2.05, 4.69) is 5.32 Å². The predicted octanol–water partition coefficient (Wildman–Crippen LogP) is 1.33. The number of carbonyl (C=O) groups is 3. The predicted molar refractivity (Wildman–Crippen MR) is 104 cm³/mol. The van der Waals surface area contributed by atoms with Crippen LogP contribution in [0.5, 0.6) is 11.5 Å². The van der Waals surface area contributed by atoms with Crippen molar-refractivity contribution in [2.24, 2.45) is 11.7 Å². The van der Waals surface area contributed by atoms with Crippen LogP contribution in [0.1, 0.15) is 31.1 Å². The molecule has 1 amide bonds. The van der Waals surface area contributed by atoms with E-state index in [1.807, 2.05) is 0 Å². The van der Waals surface area contributed by atoms with Crippen molar-refractivity contribution in [1.29, 1.82) is 5.26 Å². The molecule has 0 fully saturated rings. The molecule has 0 aliphatic carbocycles.